The molecule has 0 aliphatic heterocycles. The molecule has 2 rings (SSSR count). The summed E-state index contributed by atoms with van der Waals surface area (Å²) in [5.41, 5.74) is -0.176. The first-order chi connectivity index (χ1) is 8.64. The van der Waals surface area contributed by atoms with E-state index in [1.54, 1.807) is 11.8 Å². The summed E-state index contributed by atoms with van der Waals surface area (Å²) < 4.78 is 0. The van der Waals surface area contributed by atoms with E-state index in [4.69, 9.17) is 0 Å². The summed E-state index contributed by atoms with van der Waals surface area (Å²) in [6.45, 7) is 2.08. The van der Waals surface area contributed by atoms with Crippen LogP contribution in [0.25, 0.3) is 0 Å². The van der Waals surface area contributed by atoms with Crippen LogP contribution in [0.3, 0.4) is 0 Å². The van der Waals surface area contributed by atoms with Gasteiger partial charge in [-0.2, -0.15) is 5.26 Å². The number of benzene rings is 1. The molecule has 1 aromatic carbocycles. The molecule has 94 valence electrons. The molecule has 2 unspecified atom stereocenters. The summed E-state index contributed by atoms with van der Waals surface area (Å²) in [5, 5.41) is 9.26. The molecule has 0 aromatic heterocycles. The van der Waals surface area contributed by atoms with Crippen LogP contribution < -0.4 is 0 Å². The minimum atomic E-state index is -0.176. The van der Waals surface area contributed by atoms with Crippen LogP contribution in [0.4, 0.5) is 0 Å². The molecule has 1 aromatic rings. The van der Waals surface area contributed by atoms with Crippen molar-refractivity contribution >= 4 is 17.5 Å². The maximum atomic E-state index is 11.6. The third-order valence-electron chi connectivity index (χ3n) is 3.55. The lowest BCUT2D eigenvalue weighted by molar-refractivity contribution is -0.123. The fourth-order valence-electron chi connectivity index (χ4n) is 2.50. The van der Waals surface area contributed by atoms with E-state index >= 15 is 0 Å². The van der Waals surface area contributed by atoms with Crippen molar-refractivity contribution in [2.24, 2.45) is 5.41 Å². The van der Waals surface area contributed by atoms with Crippen LogP contribution >= 0.6 is 11.8 Å². The zero-order valence-corrected chi connectivity index (χ0v) is 11.4. The normalized spacial score (nSPS) is 25.4. The van der Waals surface area contributed by atoms with E-state index in [0.717, 1.165) is 17.7 Å². The van der Waals surface area contributed by atoms with Crippen LogP contribution in [0.1, 0.15) is 32.6 Å². The molecule has 0 heterocycles. The van der Waals surface area contributed by atoms with Gasteiger partial charge in [0.15, 0.2) is 0 Å². The molecular formula is C15H17NOS. The predicted molar refractivity (Wildman–Crippen MR) is 73.3 cm³/mol. The highest BCUT2D eigenvalue weighted by atomic mass is 32.2. The molecule has 1 aliphatic rings. The van der Waals surface area contributed by atoms with Gasteiger partial charge in [0, 0.05) is 17.7 Å². The van der Waals surface area contributed by atoms with E-state index in [2.05, 4.69) is 13.0 Å². The number of thioether (sulfide) groups is 1. The highest BCUT2D eigenvalue weighted by Gasteiger charge is 2.39. The van der Waals surface area contributed by atoms with E-state index in [9.17, 15) is 10.1 Å². The van der Waals surface area contributed by atoms with Crippen LogP contribution in [0.15, 0.2) is 35.2 Å². The summed E-state index contributed by atoms with van der Waals surface area (Å²) in [6, 6.07) is 12.3. The van der Waals surface area contributed by atoms with Crippen LogP contribution in [-0.4, -0.2) is 11.0 Å². The molecule has 0 spiro atoms. The van der Waals surface area contributed by atoms with Gasteiger partial charge in [-0.25, -0.2) is 0 Å². The molecule has 0 N–H and O–H groups in total. The SMILES string of the molecule is CC1(C(C#N)Sc2ccccc2)CCCC(=O)C1. The monoisotopic (exact) mass is 259 g/mol. The van der Waals surface area contributed by atoms with Gasteiger partial charge in [0.05, 0.1) is 6.07 Å². The Kier molecular flexibility index (Phi) is 4.08. The Morgan fingerprint density at radius 1 is 1.39 bits per heavy atom. The number of carbonyl (C=O) groups is 1. The standard InChI is InChI=1S/C15H17NOS/c1-15(9-5-6-12(17)10-15)14(11-16)18-13-7-3-2-4-8-13/h2-4,7-8,14H,5-6,9-10H2,1H3. The molecule has 1 fully saturated rings. The molecule has 1 saturated carbocycles. The van der Waals surface area contributed by atoms with Crippen LogP contribution in [0, 0.1) is 16.7 Å². The molecule has 2 nitrogen and oxygen atoms in total. The predicted octanol–water partition coefficient (Wildman–Crippen LogP) is 3.82. The second-order valence-electron chi connectivity index (χ2n) is 5.16. The number of hydrogen-bond donors (Lipinski definition) is 0. The summed E-state index contributed by atoms with van der Waals surface area (Å²) in [7, 11) is 0. The lowest BCUT2D eigenvalue weighted by Crippen LogP contribution is -2.34. The van der Waals surface area contributed by atoms with Crippen molar-refractivity contribution in [2.45, 2.75) is 42.8 Å². The largest absolute Gasteiger partial charge is 0.300 e. The molecule has 0 saturated heterocycles. The van der Waals surface area contributed by atoms with Crippen LogP contribution in [-0.2, 0) is 4.79 Å². The molecule has 1 aliphatic carbocycles. The third-order valence-corrected chi connectivity index (χ3v) is 5.01. The molecular weight excluding hydrogens is 242 g/mol. The van der Waals surface area contributed by atoms with Gasteiger partial charge in [-0.15, -0.1) is 11.8 Å². The first kappa shape index (κ1) is 13.2. The van der Waals surface area contributed by atoms with Gasteiger partial charge in [-0.1, -0.05) is 25.1 Å². The van der Waals surface area contributed by atoms with Gasteiger partial charge < -0.3 is 0 Å². The molecule has 0 bridgehead atoms. The summed E-state index contributed by atoms with van der Waals surface area (Å²) in [4.78, 5) is 12.7. The lowest BCUT2D eigenvalue weighted by Gasteiger charge is -2.36. The maximum absolute atomic E-state index is 11.6. The van der Waals surface area contributed by atoms with Crippen molar-refractivity contribution in [2.75, 3.05) is 0 Å². The number of nitriles is 1. The topological polar surface area (TPSA) is 40.9 Å². The second kappa shape index (κ2) is 5.58. The average Bonchev–Trinajstić information content (AvgIpc) is 2.36. The summed E-state index contributed by atoms with van der Waals surface area (Å²) in [6.07, 6.45) is 3.12. The summed E-state index contributed by atoms with van der Waals surface area (Å²) in [5.74, 6) is 0.303. The van der Waals surface area contributed by atoms with Gasteiger partial charge >= 0.3 is 0 Å². The van der Waals surface area contributed by atoms with Gasteiger partial charge in [-0.05, 0) is 30.4 Å². The fourth-order valence-corrected chi connectivity index (χ4v) is 3.62. The average molecular weight is 259 g/mol. The quantitative estimate of drug-likeness (QED) is 0.775. The molecule has 2 atom stereocenters. The number of carbonyl (C=O) groups excluding carboxylic acids is 1. The number of ketones is 1. The van der Waals surface area contributed by atoms with Crippen molar-refractivity contribution in [1.29, 1.82) is 5.26 Å². The van der Waals surface area contributed by atoms with Crippen molar-refractivity contribution in [3.8, 4) is 6.07 Å². The van der Waals surface area contributed by atoms with Crippen LogP contribution in [0.2, 0.25) is 0 Å². The Labute approximate surface area is 112 Å². The Balaban J connectivity index is 2.13. The zero-order valence-electron chi connectivity index (χ0n) is 10.6. The zero-order chi connectivity index (χ0) is 13.0. The van der Waals surface area contributed by atoms with Gasteiger partial charge in [0.25, 0.3) is 0 Å². The van der Waals surface area contributed by atoms with E-state index in [-0.39, 0.29) is 10.7 Å². The van der Waals surface area contributed by atoms with Crippen molar-refractivity contribution in [3.05, 3.63) is 30.3 Å². The van der Waals surface area contributed by atoms with Gasteiger partial charge in [-0.3, -0.25) is 4.79 Å². The van der Waals surface area contributed by atoms with E-state index in [1.165, 1.54) is 0 Å². The van der Waals surface area contributed by atoms with Gasteiger partial charge in [0.2, 0.25) is 0 Å². The maximum Gasteiger partial charge on any atom is 0.133 e. The van der Waals surface area contributed by atoms with E-state index < -0.39 is 0 Å². The van der Waals surface area contributed by atoms with Gasteiger partial charge in [0.1, 0.15) is 11.0 Å². The Morgan fingerprint density at radius 2 is 2.11 bits per heavy atom. The highest BCUT2D eigenvalue weighted by Crippen LogP contribution is 2.44. The van der Waals surface area contributed by atoms with Crippen molar-refractivity contribution < 1.29 is 4.79 Å². The fraction of sp³-hybridized carbons (Fsp3) is 0.467. The Bertz CT molecular complexity index is 465. The third kappa shape index (κ3) is 2.94. The Hall–Kier alpha value is -1.27. The van der Waals surface area contributed by atoms with E-state index in [1.807, 2.05) is 30.3 Å². The lowest BCUT2D eigenvalue weighted by atomic mass is 9.73. The summed E-state index contributed by atoms with van der Waals surface area (Å²) >= 11 is 1.58. The number of hydrogen-bond acceptors (Lipinski definition) is 3. The first-order valence-electron chi connectivity index (χ1n) is 6.27. The molecule has 0 radical (unpaired) electrons. The number of Topliss-reactive ketones (excluding diaryl/α,β-unsaturated/α-hetero) is 1. The van der Waals surface area contributed by atoms with E-state index in [0.29, 0.717) is 18.6 Å². The Morgan fingerprint density at radius 3 is 2.72 bits per heavy atom. The molecule has 18 heavy (non-hydrogen) atoms. The molecule has 0 amide bonds. The molecule has 3 heteroatoms. The van der Waals surface area contributed by atoms with Crippen molar-refractivity contribution in [3.63, 3.8) is 0 Å². The van der Waals surface area contributed by atoms with Crippen LogP contribution in [0.5, 0.6) is 0 Å². The minimum Gasteiger partial charge on any atom is -0.300 e. The smallest absolute Gasteiger partial charge is 0.133 e. The number of nitrogens with zero attached hydrogens (tertiary/aromatic N) is 1. The van der Waals surface area contributed by atoms with Crippen molar-refractivity contribution in [1.82, 2.24) is 0 Å². The first-order valence-corrected chi connectivity index (χ1v) is 7.15. The minimum absolute atomic E-state index is 0.149. The highest BCUT2D eigenvalue weighted by molar-refractivity contribution is 8.00. The number of rotatable bonds is 3. The second-order valence-corrected chi connectivity index (χ2v) is 6.34.